The highest BCUT2D eigenvalue weighted by Gasteiger charge is 2.17. The molecule has 0 radical (unpaired) electrons. The van der Waals surface area contributed by atoms with Gasteiger partial charge in [0, 0.05) is 5.56 Å². The minimum atomic E-state index is -3.53. The van der Waals surface area contributed by atoms with Gasteiger partial charge in [-0.05, 0) is 25.2 Å². The molecule has 0 aliphatic heterocycles. The number of nitrogens with zero attached hydrogens (tertiary/aromatic N) is 2. The van der Waals surface area contributed by atoms with E-state index in [4.69, 9.17) is 27.6 Å². The van der Waals surface area contributed by atoms with Crippen molar-refractivity contribution in [1.29, 1.82) is 0 Å². The van der Waals surface area contributed by atoms with Gasteiger partial charge in [-0.3, -0.25) is 0 Å². The third-order valence-corrected chi connectivity index (χ3v) is 4.07. The Hall–Kier alpha value is -1.15. The maximum atomic E-state index is 11.7. The first-order valence-electron chi connectivity index (χ1n) is 5.09. The molecule has 0 saturated carbocycles. The lowest BCUT2D eigenvalue weighted by Gasteiger charge is -2.03. The lowest BCUT2D eigenvalue weighted by molar-refractivity contribution is 0.523. The van der Waals surface area contributed by atoms with Gasteiger partial charge in [-0.25, -0.2) is 13.1 Å². The number of hydrogen-bond donors (Lipinski definition) is 1. The molecule has 0 atom stereocenters. The Morgan fingerprint density at radius 1 is 1.32 bits per heavy atom. The number of benzene rings is 1. The SMILES string of the molecule is CNS(=O)(=O)c1cccc(-c2nnc(C(Cl)Cl)o2)c1. The van der Waals surface area contributed by atoms with Crippen molar-refractivity contribution in [3.63, 3.8) is 0 Å². The smallest absolute Gasteiger partial charge is 0.249 e. The van der Waals surface area contributed by atoms with E-state index in [0.717, 1.165) is 0 Å². The van der Waals surface area contributed by atoms with Crippen LogP contribution >= 0.6 is 23.2 Å². The van der Waals surface area contributed by atoms with Gasteiger partial charge in [0.25, 0.3) is 0 Å². The van der Waals surface area contributed by atoms with Crippen LogP contribution < -0.4 is 4.72 Å². The number of halogens is 2. The fourth-order valence-corrected chi connectivity index (χ4v) is 2.31. The second-order valence-electron chi connectivity index (χ2n) is 3.48. The summed E-state index contributed by atoms with van der Waals surface area (Å²) in [4.78, 5) is -0.828. The molecule has 0 amide bonds. The van der Waals surface area contributed by atoms with Crippen LogP contribution in [-0.2, 0) is 10.0 Å². The molecule has 0 aliphatic rings. The fourth-order valence-electron chi connectivity index (χ4n) is 1.35. The predicted octanol–water partition coefficient (Wildman–Crippen LogP) is 2.12. The molecule has 0 saturated heterocycles. The van der Waals surface area contributed by atoms with E-state index >= 15 is 0 Å². The zero-order valence-electron chi connectivity index (χ0n) is 9.67. The topological polar surface area (TPSA) is 85.1 Å². The average Bonchev–Trinajstić information content (AvgIpc) is 2.89. The number of rotatable bonds is 4. The summed E-state index contributed by atoms with van der Waals surface area (Å²) in [5, 5.41) is 7.41. The second-order valence-corrected chi connectivity index (χ2v) is 6.46. The molecule has 19 heavy (non-hydrogen) atoms. The van der Waals surface area contributed by atoms with Gasteiger partial charge in [-0.2, -0.15) is 0 Å². The molecule has 1 aromatic heterocycles. The van der Waals surface area contributed by atoms with Crippen molar-refractivity contribution in [2.75, 3.05) is 7.05 Å². The third kappa shape index (κ3) is 3.06. The highest BCUT2D eigenvalue weighted by atomic mass is 35.5. The van der Waals surface area contributed by atoms with Crippen LogP contribution in [-0.4, -0.2) is 25.7 Å². The summed E-state index contributed by atoms with van der Waals surface area (Å²) in [7, 11) is -2.20. The number of sulfonamides is 1. The van der Waals surface area contributed by atoms with Crippen molar-refractivity contribution >= 4 is 33.2 Å². The quantitative estimate of drug-likeness (QED) is 0.872. The largest absolute Gasteiger partial charge is 0.418 e. The average molecular weight is 322 g/mol. The van der Waals surface area contributed by atoms with E-state index in [2.05, 4.69) is 14.9 Å². The molecule has 2 aromatic rings. The van der Waals surface area contributed by atoms with Crippen LogP contribution in [0.3, 0.4) is 0 Å². The summed E-state index contributed by atoms with van der Waals surface area (Å²) in [5.41, 5.74) is 0.462. The van der Waals surface area contributed by atoms with Crippen molar-refractivity contribution < 1.29 is 12.8 Å². The van der Waals surface area contributed by atoms with Gasteiger partial charge in [-0.1, -0.05) is 29.3 Å². The molecule has 6 nitrogen and oxygen atoms in total. The fraction of sp³-hybridized carbons (Fsp3) is 0.200. The van der Waals surface area contributed by atoms with Gasteiger partial charge >= 0.3 is 0 Å². The summed E-state index contributed by atoms with van der Waals surface area (Å²) in [5.74, 6) is 0.203. The van der Waals surface area contributed by atoms with Crippen LogP contribution in [0.2, 0.25) is 0 Å². The van der Waals surface area contributed by atoms with Crippen molar-refractivity contribution in [1.82, 2.24) is 14.9 Å². The number of aromatic nitrogens is 2. The number of hydrogen-bond acceptors (Lipinski definition) is 5. The molecule has 2 rings (SSSR count). The van der Waals surface area contributed by atoms with Crippen LogP contribution in [0.4, 0.5) is 0 Å². The minimum absolute atomic E-state index is 0.0558. The van der Waals surface area contributed by atoms with E-state index in [9.17, 15) is 8.42 Å². The van der Waals surface area contributed by atoms with Gasteiger partial charge in [0.05, 0.1) is 4.90 Å². The standard InChI is InChI=1S/C10H9Cl2N3O3S/c1-13-19(16,17)7-4-2-3-6(5-7)9-14-15-10(18-9)8(11)12/h2-5,8,13H,1H3. The van der Waals surface area contributed by atoms with Gasteiger partial charge in [-0.15, -0.1) is 10.2 Å². The summed E-state index contributed by atoms with van der Waals surface area (Å²) < 4.78 is 30.8. The van der Waals surface area contributed by atoms with Crippen LogP contribution in [0, 0.1) is 0 Å². The maximum absolute atomic E-state index is 11.7. The molecule has 1 aromatic carbocycles. The molecule has 0 unspecified atom stereocenters. The third-order valence-electron chi connectivity index (χ3n) is 2.29. The van der Waals surface area contributed by atoms with E-state index < -0.39 is 14.9 Å². The predicted molar refractivity (Wildman–Crippen MR) is 70.4 cm³/mol. The van der Waals surface area contributed by atoms with Crippen LogP contribution in [0.5, 0.6) is 0 Å². The molecule has 1 heterocycles. The van der Waals surface area contributed by atoms with Crippen LogP contribution in [0.1, 0.15) is 10.7 Å². The Morgan fingerprint density at radius 2 is 2.05 bits per heavy atom. The van der Waals surface area contributed by atoms with E-state index in [1.807, 2.05) is 0 Å². The van der Waals surface area contributed by atoms with E-state index in [1.54, 1.807) is 12.1 Å². The summed E-state index contributed by atoms with van der Waals surface area (Å²) in [6.45, 7) is 0. The molecular formula is C10H9Cl2N3O3S. The van der Waals surface area contributed by atoms with Gasteiger partial charge in [0.2, 0.25) is 21.8 Å². The van der Waals surface area contributed by atoms with Gasteiger partial charge in [0.15, 0.2) is 4.84 Å². The first-order valence-corrected chi connectivity index (χ1v) is 7.45. The van der Waals surface area contributed by atoms with Crippen molar-refractivity contribution in [2.45, 2.75) is 9.73 Å². The first kappa shape index (κ1) is 14.3. The molecule has 0 aliphatic carbocycles. The maximum Gasteiger partial charge on any atom is 0.249 e. The normalized spacial score (nSPS) is 12.0. The molecular weight excluding hydrogens is 313 g/mol. The molecule has 0 fully saturated rings. The summed E-state index contributed by atoms with van der Waals surface area (Å²) >= 11 is 11.2. The number of alkyl halides is 2. The highest BCUT2D eigenvalue weighted by molar-refractivity contribution is 7.89. The Labute approximate surface area is 119 Å². The van der Waals surface area contributed by atoms with Crippen molar-refractivity contribution in [2.24, 2.45) is 0 Å². The highest BCUT2D eigenvalue weighted by Crippen LogP contribution is 2.27. The van der Waals surface area contributed by atoms with Crippen LogP contribution in [0.25, 0.3) is 11.5 Å². The van der Waals surface area contributed by atoms with Crippen molar-refractivity contribution in [3.8, 4) is 11.5 Å². The monoisotopic (exact) mass is 321 g/mol. The molecule has 0 spiro atoms. The summed E-state index contributed by atoms with van der Waals surface area (Å²) in [6, 6.07) is 6.09. The Balaban J connectivity index is 2.43. The summed E-state index contributed by atoms with van der Waals surface area (Å²) in [6.07, 6.45) is 0. The lowest BCUT2D eigenvalue weighted by atomic mass is 10.2. The van der Waals surface area contributed by atoms with Gasteiger partial charge < -0.3 is 4.42 Å². The van der Waals surface area contributed by atoms with E-state index in [1.165, 1.54) is 19.2 Å². The van der Waals surface area contributed by atoms with Crippen LogP contribution in [0.15, 0.2) is 33.6 Å². The van der Waals surface area contributed by atoms with E-state index in [0.29, 0.717) is 5.56 Å². The Morgan fingerprint density at radius 3 is 2.63 bits per heavy atom. The second kappa shape index (κ2) is 5.46. The van der Waals surface area contributed by atoms with Crippen molar-refractivity contribution in [3.05, 3.63) is 30.2 Å². The molecule has 1 N–H and O–H groups in total. The minimum Gasteiger partial charge on any atom is -0.418 e. The molecule has 9 heteroatoms. The molecule has 0 bridgehead atoms. The Kier molecular flexibility index (Phi) is 4.10. The van der Waals surface area contributed by atoms with E-state index in [-0.39, 0.29) is 16.7 Å². The number of nitrogens with one attached hydrogen (secondary N) is 1. The zero-order valence-corrected chi connectivity index (χ0v) is 12.0. The van der Waals surface area contributed by atoms with Gasteiger partial charge in [0.1, 0.15) is 0 Å². The molecule has 102 valence electrons. The Bertz CT molecular complexity index is 685. The zero-order chi connectivity index (χ0) is 14.0. The first-order chi connectivity index (χ1) is 8.94. The lowest BCUT2D eigenvalue weighted by Crippen LogP contribution is -2.18.